The summed E-state index contributed by atoms with van der Waals surface area (Å²) in [6.07, 6.45) is 2.46. The van der Waals surface area contributed by atoms with Crippen LogP contribution in [0.4, 0.5) is 5.69 Å². The summed E-state index contributed by atoms with van der Waals surface area (Å²) >= 11 is 5.98. The minimum absolute atomic E-state index is 0.213. The molecule has 0 aliphatic rings. The third-order valence-corrected chi connectivity index (χ3v) is 3.00. The minimum Gasteiger partial charge on any atom is -0.345 e. The molecule has 0 fully saturated rings. The van der Waals surface area contributed by atoms with E-state index in [9.17, 15) is 9.59 Å². The molecule has 0 spiro atoms. The number of rotatable bonds is 6. The Balaban J connectivity index is 2.70. The summed E-state index contributed by atoms with van der Waals surface area (Å²) in [5.41, 5.74) is 0.556. The molecule has 19 heavy (non-hydrogen) atoms. The van der Waals surface area contributed by atoms with Gasteiger partial charge >= 0.3 is 0 Å². The Morgan fingerprint density at radius 3 is 2.58 bits per heavy atom. The number of nitrogens with one attached hydrogen (secondary N) is 2. The lowest BCUT2D eigenvalue weighted by atomic mass is 10.1. The molecule has 0 radical (unpaired) electrons. The molecule has 1 aromatic carbocycles. The number of halogens is 1. The molecule has 2 N–H and O–H groups in total. The number of benzene rings is 1. The molecule has 1 atom stereocenters. The van der Waals surface area contributed by atoms with E-state index < -0.39 is 6.04 Å². The second-order valence-corrected chi connectivity index (χ2v) is 4.77. The van der Waals surface area contributed by atoms with E-state index >= 15 is 0 Å². The molecule has 0 aromatic heterocycles. The Kier molecular flexibility index (Phi) is 6.36. The maximum absolute atomic E-state index is 12.1. The van der Waals surface area contributed by atoms with Crippen molar-refractivity contribution >= 4 is 29.1 Å². The van der Waals surface area contributed by atoms with Crippen LogP contribution in [0.3, 0.4) is 0 Å². The second kappa shape index (κ2) is 7.79. The summed E-state index contributed by atoms with van der Waals surface area (Å²) in [6, 6.07) is 6.50. The Hall–Kier alpha value is -1.55. The van der Waals surface area contributed by atoms with Gasteiger partial charge in [-0.1, -0.05) is 43.5 Å². The number of para-hydroxylation sites is 1. The van der Waals surface area contributed by atoms with Gasteiger partial charge in [0.2, 0.25) is 11.8 Å². The van der Waals surface area contributed by atoms with Crippen molar-refractivity contribution in [2.45, 2.75) is 39.2 Å². The summed E-state index contributed by atoms with van der Waals surface area (Å²) in [6.45, 7) is 3.44. The van der Waals surface area contributed by atoms with Crippen LogP contribution < -0.4 is 10.6 Å². The highest BCUT2D eigenvalue weighted by Gasteiger charge is 2.19. The molecule has 0 saturated carbocycles. The zero-order valence-electron chi connectivity index (χ0n) is 11.2. The average molecular weight is 283 g/mol. The van der Waals surface area contributed by atoms with Crippen molar-refractivity contribution < 1.29 is 9.59 Å². The highest BCUT2D eigenvalue weighted by atomic mass is 35.5. The normalized spacial score (nSPS) is 11.7. The predicted octanol–water partition coefficient (Wildman–Crippen LogP) is 2.97. The van der Waals surface area contributed by atoms with Gasteiger partial charge in [-0.15, -0.1) is 0 Å². The molecule has 0 unspecified atom stereocenters. The van der Waals surface area contributed by atoms with Gasteiger partial charge < -0.3 is 10.6 Å². The number of hydrogen-bond acceptors (Lipinski definition) is 2. The Morgan fingerprint density at radius 2 is 2.00 bits per heavy atom. The molecule has 0 saturated heterocycles. The van der Waals surface area contributed by atoms with Crippen LogP contribution in [0.5, 0.6) is 0 Å². The van der Waals surface area contributed by atoms with E-state index in [2.05, 4.69) is 10.6 Å². The van der Waals surface area contributed by atoms with Crippen LogP contribution in [0, 0.1) is 0 Å². The van der Waals surface area contributed by atoms with E-state index in [0.29, 0.717) is 17.1 Å². The zero-order chi connectivity index (χ0) is 14.3. The van der Waals surface area contributed by atoms with Gasteiger partial charge in [-0.3, -0.25) is 9.59 Å². The first-order chi connectivity index (χ1) is 9.04. The molecule has 2 amide bonds. The van der Waals surface area contributed by atoms with Crippen molar-refractivity contribution in [3.63, 3.8) is 0 Å². The van der Waals surface area contributed by atoms with Crippen LogP contribution in [0.15, 0.2) is 24.3 Å². The van der Waals surface area contributed by atoms with Crippen LogP contribution in [-0.2, 0) is 9.59 Å². The van der Waals surface area contributed by atoms with Gasteiger partial charge in [-0.25, -0.2) is 0 Å². The fraction of sp³-hybridized carbons (Fsp3) is 0.429. The summed E-state index contributed by atoms with van der Waals surface area (Å²) in [5.74, 6) is -0.452. The van der Waals surface area contributed by atoms with Crippen LogP contribution >= 0.6 is 11.6 Å². The van der Waals surface area contributed by atoms with Crippen LogP contribution in [0.2, 0.25) is 5.02 Å². The number of amides is 2. The molecule has 5 heteroatoms. The maximum atomic E-state index is 12.1. The number of anilines is 1. The van der Waals surface area contributed by atoms with E-state index in [1.807, 2.05) is 6.92 Å². The molecule has 0 bridgehead atoms. The number of carbonyl (C=O) groups excluding carboxylic acids is 2. The summed E-state index contributed by atoms with van der Waals surface area (Å²) in [4.78, 5) is 23.2. The molecule has 0 heterocycles. The minimum atomic E-state index is -0.520. The first-order valence-electron chi connectivity index (χ1n) is 6.37. The van der Waals surface area contributed by atoms with Gasteiger partial charge in [0.1, 0.15) is 6.04 Å². The fourth-order valence-corrected chi connectivity index (χ4v) is 1.89. The molecule has 0 aliphatic heterocycles. The van der Waals surface area contributed by atoms with E-state index in [1.54, 1.807) is 24.3 Å². The lowest BCUT2D eigenvalue weighted by Gasteiger charge is -2.17. The van der Waals surface area contributed by atoms with E-state index in [4.69, 9.17) is 11.6 Å². The van der Waals surface area contributed by atoms with Crippen molar-refractivity contribution in [1.82, 2.24) is 5.32 Å². The monoisotopic (exact) mass is 282 g/mol. The van der Waals surface area contributed by atoms with Crippen LogP contribution in [-0.4, -0.2) is 17.9 Å². The molecular weight excluding hydrogens is 264 g/mol. The van der Waals surface area contributed by atoms with Crippen molar-refractivity contribution in [1.29, 1.82) is 0 Å². The molecule has 1 aromatic rings. The summed E-state index contributed by atoms with van der Waals surface area (Å²) in [5, 5.41) is 5.88. The largest absolute Gasteiger partial charge is 0.345 e. The van der Waals surface area contributed by atoms with Crippen molar-refractivity contribution in [2.75, 3.05) is 5.32 Å². The summed E-state index contributed by atoms with van der Waals surface area (Å²) < 4.78 is 0. The van der Waals surface area contributed by atoms with Gasteiger partial charge in [0.25, 0.3) is 0 Å². The van der Waals surface area contributed by atoms with Crippen LogP contribution in [0.1, 0.15) is 33.1 Å². The van der Waals surface area contributed by atoms with Crippen molar-refractivity contribution in [2.24, 2.45) is 0 Å². The highest BCUT2D eigenvalue weighted by Crippen LogP contribution is 2.20. The standard InChI is InChI=1S/C14H19ClN2O2/c1-3-4-8-13(16-10(2)18)14(19)17-12-9-6-5-7-11(12)15/h5-7,9,13H,3-4,8H2,1-2H3,(H,16,18)(H,17,19)/t13-/m0/s1. The van der Waals surface area contributed by atoms with Gasteiger partial charge in [-0.2, -0.15) is 0 Å². The van der Waals surface area contributed by atoms with E-state index in [1.165, 1.54) is 6.92 Å². The van der Waals surface area contributed by atoms with E-state index in [-0.39, 0.29) is 11.8 Å². The summed E-state index contributed by atoms with van der Waals surface area (Å²) in [7, 11) is 0. The Bertz CT molecular complexity index is 449. The lowest BCUT2D eigenvalue weighted by Crippen LogP contribution is -2.42. The third kappa shape index (κ3) is 5.30. The SMILES string of the molecule is CCCC[C@H](NC(C)=O)C(=O)Nc1ccccc1Cl. The molecule has 0 aliphatic carbocycles. The topological polar surface area (TPSA) is 58.2 Å². The van der Waals surface area contributed by atoms with Crippen molar-refractivity contribution in [3.05, 3.63) is 29.3 Å². The van der Waals surface area contributed by atoms with Gasteiger partial charge in [0.15, 0.2) is 0 Å². The number of hydrogen-bond donors (Lipinski definition) is 2. The van der Waals surface area contributed by atoms with Gasteiger partial charge in [0.05, 0.1) is 10.7 Å². The second-order valence-electron chi connectivity index (χ2n) is 4.36. The zero-order valence-corrected chi connectivity index (χ0v) is 12.0. The van der Waals surface area contributed by atoms with E-state index in [0.717, 1.165) is 12.8 Å². The smallest absolute Gasteiger partial charge is 0.246 e. The molecule has 1 rings (SSSR count). The maximum Gasteiger partial charge on any atom is 0.246 e. The quantitative estimate of drug-likeness (QED) is 0.843. The Labute approximate surface area is 118 Å². The molecular formula is C14H19ClN2O2. The lowest BCUT2D eigenvalue weighted by molar-refractivity contribution is -0.125. The fourth-order valence-electron chi connectivity index (χ4n) is 1.70. The van der Waals surface area contributed by atoms with Gasteiger partial charge in [0, 0.05) is 6.92 Å². The highest BCUT2D eigenvalue weighted by molar-refractivity contribution is 6.33. The number of unbranched alkanes of at least 4 members (excludes halogenated alkanes) is 1. The molecule has 104 valence electrons. The first kappa shape index (κ1) is 15.5. The average Bonchev–Trinajstić information content (AvgIpc) is 2.36. The van der Waals surface area contributed by atoms with Crippen LogP contribution in [0.25, 0.3) is 0 Å². The molecule has 4 nitrogen and oxygen atoms in total. The van der Waals surface area contributed by atoms with Crippen molar-refractivity contribution in [3.8, 4) is 0 Å². The Morgan fingerprint density at radius 1 is 1.32 bits per heavy atom. The third-order valence-electron chi connectivity index (χ3n) is 2.67. The number of carbonyl (C=O) groups is 2. The predicted molar refractivity (Wildman–Crippen MR) is 77.2 cm³/mol. The van der Waals surface area contributed by atoms with Gasteiger partial charge in [-0.05, 0) is 18.6 Å². The first-order valence-corrected chi connectivity index (χ1v) is 6.75.